The molecule has 0 radical (unpaired) electrons. The van der Waals surface area contributed by atoms with Crippen LogP contribution in [0.15, 0.2) is 24.3 Å². The van der Waals surface area contributed by atoms with Gasteiger partial charge >= 0.3 is 5.97 Å². The summed E-state index contributed by atoms with van der Waals surface area (Å²) < 4.78 is 0. The third-order valence-electron chi connectivity index (χ3n) is 4.07. The maximum atomic E-state index is 12.3. The van der Waals surface area contributed by atoms with E-state index in [1.54, 1.807) is 20.0 Å². The molecule has 1 aromatic carbocycles. The van der Waals surface area contributed by atoms with Gasteiger partial charge in [-0.1, -0.05) is 43.6 Å². The number of halogens is 1. The van der Waals surface area contributed by atoms with E-state index in [9.17, 15) is 14.7 Å². The lowest BCUT2D eigenvalue weighted by molar-refractivity contribution is -0.155. The van der Waals surface area contributed by atoms with Crippen molar-refractivity contribution in [2.45, 2.75) is 33.7 Å². The molecule has 0 heterocycles. The minimum Gasteiger partial charge on any atom is -0.481 e. The highest BCUT2D eigenvalue weighted by molar-refractivity contribution is 6.31. The molecule has 0 fully saturated rings. The lowest BCUT2D eigenvalue weighted by Gasteiger charge is -2.30. The summed E-state index contributed by atoms with van der Waals surface area (Å²) in [5.41, 5.74) is -0.220. The first-order chi connectivity index (χ1) is 9.68. The Labute approximate surface area is 130 Å². The normalized spacial score (nSPS) is 13.8. The van der Waals surface area contributed by atoms with Gasteiger partial charge in [0.05, 0.1) is 5.41 Å². The van der Waals surface area contributed by atoms with Gasteiger partial charge < -0.3 is 10.0 Å². The molecule has 0 aromatic heterocycles. The molecule has 1 amide bonds. The molecule has 116 valence electrons. The standard InChI is InChI=1S/C16H22ClNO3/c1-11(2)16(3,15(20)21)9-14(19)18(4)10-12-7-5-6-8-13(12)17/h5-8,11H,9-10H2,1-4H3,(H,20,21). The number of amides is 1. The van der Waals surface area contributed by atoms with E-state index in [2.05, 4.69) is 0 Å². The van der Waals surface area contributed by atoms with Gasteiger partial charge in [-0.2, -0.15) is 0 Å². The Morgan fingerprint density at radius 1 is 1.33 bits per heavy atom. The summed E-state index contributed by atoms with van der Waals surface area (Å²) in [4.78, 5) is 25.3. The summed E-state index contributed by atoms with van der Waals surface area (Å²) in [7, 11) is 1.66. The molecule has 1 N–H and O–H groups in total. The molecule has 1 unspecified atom stereocenters. The largest absolute Gasteiger partial charge is 0.481 e. The molecule has 0 bridgehead atoms. The van der Waals surface area contributed by atoms with Crippen molar-refractivity contribution < 1.29 is 14.7 Å². The van der Waals surface area contributed by atoms with Crippen molar-refractivity contribution in [1.82, 2.24) is 4.90 Å². The van der Waals surface area contributed by atoms with Crippen molar-refractivity contribution in [2.24, 2.45) is 11.3 Å². The van der Waals surface area contributed by atoms with Crippen LogP contribution in [0.3, 0.4) is 0 Å². The maximum Gasteiger partial charge on any atom is 0.310 e. The molecular formula is C16H22ClNO3. The molecule has 0 aliphatic rings. The monoisotopic (exact) mass is 311 g/mol. The minimum absolute atomic E-state index is 0.0268. The Bertz CT molecular complexity index is 530. The van der Waals surface area contributed by atoms with Gasteiger partial charge in [0, 0.05) is 25.0 Å². The van der Waals surface area contributed by atoms with Gasteiger partial charge in [0.25, 0.3) is 0 Å². The molecule has 0 spiro atoms. The number of nitrogens with zero attached hydrogens (tertiary/aromatic N) is 1. The summed E-state index contributed by atoms with van der Waals surface area (Å²) in [5.74, 6) is -1.28. The van der Waals surface area contributed by atoms with Crippen molar-refractivity contribution in [3.63, 3.8) is 0 Å². The van der Waals surface area contributed by atoms with Crippen LogP contribution in [0.5, 0.6) is 0 Å². The molecule has 0 saturated heterocycles. The highest BCUT2D eigenvalue weighted by Gasteiger charge is 2.39. The van der Waals surface area contributed by atoms with Crippen LogP contribution in [-0.4, -0.2) is 28.9 Å². The zero-order valence-electron chi connectivity index (χ0n) is 12.9. The minimum atomic E-state index is -1.06. The second-order valence-electron chi connectivity index (χ2n) is 5.90. The molecule has 21 heavy (non-hydrogen) atoms. The first-order valence-corrected chi connectivity index (χ1v) is 7.27. The molecule has 0 aliphatic carbocycles. The predicted octanol–water partition coefficient (Wildman–Crippen LogP) is 3.44. The number of carbonyl (C=O) groups is 2. The molecule has 1 atom stereocenters. The van der Waals surface area contributed by atoms with Crippen molar-refractivity contribution in [1.29, 1.82) is 0 Å². The quantitative estimate of drug-likeness (QED) is 0.875. The summed E-state index contributed by atoms with van der Waals surface area (Å²) in [6.07, 6.45) is -0.0268. The van der Waals surface area contributed by atoms with Crippen LogP contribution in [0, 0.1) is 11.3 Å². The zero-order chi connectivity index (χ0) is 16.2. The average Bonchev–Trinajstić information content (AvgIpc) is 2.40. The molecule has 0 aliphatic heterocycles. The lowest BCUT2D eigenvalue weighted by Crippen LogP contribution is -2.39. The Kier molecular flexibility index (Phi) is 5.78. The third-order valence-corrected chi connectivity index (χ3v) is 4.44. The molecule has 0 saturated carbocycles. The first-order valence-electron chi connectivity index (χ1n) is 6.89. The van der Waals surface area contributed by atoms with Crippen LogP contribution in [0.4, 0.5) is 0 Å². The maximum absolute atomic E-state index is 12.3. The van der Waals surface area contributed by atoms with E-state index in [0.717, 1.165) is 5.56 Å². The summed E-state index contributed by atoms with van der Waals surface area (Å²) in [6.45, 7) is 5.61. The van der Waals surface area contributed by atoms with Crippen molar-refractivity contribution in [2.75, 3.05) is 7.05 Å². The van der Waals surface area contributed by atoms with Crippen LogP contribution in [0.25, 0.3) is 0 Å². The van der Waals surface area contributed by atoms with Gasteiger partial charge in [0.1, 0.15) is 0 Å². The number of carboxylic acids is 1. The second-order valence-corrected chi connectivity index (χ2v) is 6.30. The van der Waals surface area contributed by atoms with Gasteiger partial charge in [-0.05, 0) is 24.5 Å². The van der Waals surface area contributed by atoms with Gasteiger partial charge in [0.15, 0.2) is 0 Å². The van der Waals surface area contributed by atoms with Crippen LogP contribution in [0.2, 0.25) is 5.02 Å². The van der Waals surface area contributed by atoms with Crippen LogP contribution in [-0.2, 0) is 16.1 Å². The smallest absolute Gasteiger partial charge is 0.310 e. The Morgan fingerprint density at radius 2 is 1.90 bits per heavy atom. The molecule has 5 heteroatoms. The highest BCUT2D eigenvalue weighted by Crippen LogP contribution is 2.32. The Balaban J connectivity index is 2.80. The molecular weight excluding hydrogens is 290 g/mol. The fourth-order valence-electron chi connectivity index (χ4n) is 1.95. The van der Waals surface area contributed by atoms with E-state index in [-0.39, 0.29) is 18.2 Å². The van der Waals surface area contributed by atoms with Gasteiger partial charge in [0.2, 0.25) is 5.91 Å². The third kappa shape index (κ3) is 4.21. The van der Waals surface area contributed by atoms with E-state index < -0.39 is 11.4 Å². The topological polar surface area (TPSA) is 57.6 Å². The summed E-state index contributed by atoms with van der Waals surface area (Å²) in [6, 6.07) is 7.30. The second kappa shape index (κ2) is 6.94. The predicted molar refractivity (Wildman–Crippen MR) is 83.1 cm³/mol. The summed E-state index contributed by atoms with van der Waals surface area (Å²) in [5, 5.41) is 9.97. The van der Waals surface area contributed by atoms with Gasteiger partial charge in [-0.25, -0.2) is 0 Å². The van der Waals surface area contributed by atoms with Crippen LogP contribution < -0.4 is 0 Å². The van der Waals surface area contributed by atoms with E-state index in [4.69, 9.17) is 11.6 Å². The highest BCUT2D eigenvalue weighted by atomic mass is 35.5. The number of carbonyl (C=O) groups excluding carboxylic acids is 1. The van der Waals surface area contributed by atoms with Crippen LogP contribution >= 0.6 is 11.6 Å². The van der Waals surface area contributed by atoms with E-state index in [1.165, 1.54) is 4.90 Å². The molecule has 1 rings (SSSR count). The Hall–Kier alpha value is -1.55. The number of rotatable bonds is 6. The van der Waals surface area contributed by atoms with E-state index >= 15 is 0 Å². The molecule has 4 nitrogen and oxygen atoms in total. The fourth-order valence-corrected chi connectivity index (χ4v) is 2.14. The summed E-state index contributed by atoms with van der Waals surface area (Å²) >= 11 is 6.07. The van der Waals surface area contributed by atoms with Crippen molar-refractivity contribution in [3.8, 4) is 0 Å². The zero-order valence-corrected chi connectivity index (χ0v) is 13.6. The number of hydrogen-bond donors (Lipinski definition) is 1. The number of aliphatic carboxylic acids is 1. The number of carboxylic acid groups (broad SMARTS) is 1. The van der Waals surface area contributed by atoms with Gasteiger partial charge in [-0.15, -0.1) is 0 Å². The van der Waals surface area contributed by atoms with Crippen molar-refractivity contribution >= 4 is 23.5 Å². The first kappa shape index (κ1) is 17.5. The van der Waals surface area contributed by atoms with E-state index in [0.29, 0.717) is 11.6 Å². The van der Waals surface area contributed by atoms with E-state index in [1.807, 2.05) is 32.0 Å². The van der Waals surface area contributed by atoms with Gasteiger partial charge in [-0.3, -0.25) is 9.59 Å². The number of benzene rings is 1. The number of hydrogen-bond acceptors (Lipinski definition) is 2. The van der Waals surface area contributed by atoms with Crippen molar-refractivity contribution in [3.05, 3.63) is 34.9 Å². The average molecular weight is 312 g/mol. The fraction of sp³-hybridized carbons (Fsp3) is 0.500. The van der Waals surface area contributed by atoms with Crippen LogP contribution in [0.1, 0.15) is 32.8 Å². The lowest BCUT2D eigenvalue weighted by atomic mass is 9.76. The Morgan fingerprint density at radius 3 is 2.38 bits per heavy atom. The molecule has 1 aromatic rings. The SMILES string of the molecule is CC(C)C(C)(CC(=O)N(C)Cc1ccccc1Cl)C(=O)O.